The monoisotopic (exact) mass is 270 g/mol. The third-order valence-electron chi connectivity index (χ3n) is 2.46. The second-order valence-electron chi connectivity index (χ2n) is 3.85. The lowest BCUT2D eigenvalue weighted by Crippen LogP contribution is -2.22. The standard InChI is InChI=1S/C12H9F3N2O2/c13-12(14,15)7-17-10(11(18)19)9(6-16-17)8-4-2-1-3-5-8/h1-6H,7H2,(H,18,19). The summed E-state index contributed by atoms with van der Waals surface area (Å²) in [6, 6.07) is 8.29. The fourth-order valence-corrected chi connectivity index (χ4v) is 1.73. The topological polar surface area (TPSA) is 55.1 Å². The number of aromatic carboxylic acids is 1. The molecule has 0 spiro atoms. The molecule has 1 aromatic carbocycles. The molecule has 0 bridgehead atoms. The second-order valence-corrected chi connectivity index (χ2v) is 3.85. The summed E-state index contributed by atoms with van der Waals surface area (Å²) in [4.78, 5) is 11.1. The Bertz CT molecular complexity index is 591. The van der Waals surface area contributed by atoms with E-state index in [2.05, 4.69) is 5.10 Å². The van der Waals surface area contributed by atoms with Gasteiger partial charge >= 0.3 is 12.1 Å². The molecule has 1 N–H and O–H groups in total. The van der Waals surface area contributed by atoms with Gasteiger partial charge in [0.2, 0.25) is 0 Å². The molecule has 100 valence electrons. The molecule has 1 heterocycles. The van der Waals surface area contributed by atoms with Crippen molar-refractivity contribution in [1.29, 1.82) is 0 Å². The number of nitrogens with zero attached hydrogens (tertiary/aromatic N) is 2. The predicted octanol–water partition coefficient (Wildman–Crippen LogP) is 2.81. The largest absolute Gasteiger partial charge is 0.477 e. The molecule has 0 aliphatic heterocycles. The van der Waals surface area contributed by atoms with Gasteiger partial charge in [0.25, 0.3) is 0 Å². The van der Waals surface area contributed by atoms with Crippen LogP contribution >= 0.6 is 0 Å². The van der Waals surface area contributed by atoms with E-state index in [4.69, 9.17) is 5.11 Å². The molecule has 1 aromatic heterocycles. The summed E-state index contributed by atoms with van der Waals surface area (Å²) in [5.74, 6) is -1.44. The van der Waals surface area contributed by atoms with Crippen LogP contribution in [0.5, 0.6) is 0 Å². The molecule has 4 nitrogen and oxygen atoms in total. The Hall–Kier alpha value is -2.31. The van der Waals surface area contributed by atoms with Crippen LogP contribution in [0.1, 0.15) is 10.5 Å². The number of carboxylic acid groups (broad SMARTS) is 1. The average molecular weight is 270 g/mol. The van der Waals surface area contributed by atoms with Gasteiger partial charge in [-0.15, -0.1) is 0 Å². The van der Waals surface area contributed by atoms with E-state index in [0.29, 0.717) is 10.2 Å². The van der Waals surface area contributed by atoms with Gasteiger partial charge in [0.15, 0.2) is 5.69 Å². The van der Waals surface area contributed by atoms with E-state index in [1.807, 2.05) is 0 Å². The van der Waals surface area contributed by atoms with Crippen LogP contribution < -0.4 is 0 Å². The van der Waals surface area contributed by atoms with Crippen LogP contribution in [0.3, 0.4) is 0 Å². The van der Waals surface area contributed by atoms with Crippen molar-refractivity contribution in [3.8, 4) is 11.1 Å². The van der Waals surface area contributed by atoms with Gasteiger partial charge in [-0.3, -0.25) is 0 Å². The van der Waals surface area contributed by atoms with Crippen LogP contribution in [-0.2, 0) is 6.54 Å². The molecular weight excluding hydrogens is 261 g/mol. The first kappa shape index (κ1) is 13.1. The lowest BCUT2D eigenvalue weighted by molar-refractivity contribution is -0.142. The highest BCUT2D eigenvalue weighted by Gasteiger charge is 2.31. The Morgan fingerprint density at radius 1 is 1.26 bits per heavy atom. The van der Waals surface area contributed by atoms with Crippen molar-refractivity contribution in [2.75, 3.05) is 0 Å². The Balaban J connectivity index is 2.50. The molecular formula is C12H9F3N2O2. The smallest absolute Gasteiger partial charge is 0.408 e. The molecule has 0 fully saturated rings. The lowest BCUT2D eigenvalue weighted by atomic mass is 10.1. The van der Waals surface area contributed by atoms with E-state index >= 15 is 0 Å². The highest BCUT2D eigenvalue weighted by molar-refractivity contribution is 5.94. The molecule has 0 radical (unpaired) electrons. The van der Waals surface area contributed by atoms with Gasteiger partial charge in [-0.05, 0) is 5.56 Å². The van der Waals surface area contributed by atoms with Crippen molar-refractivity contribution < 1.29 is 23.1 Å². The predicted molar refractivity (Wildman–Crippen MR) is 60.7 cm³/mol. The molecule has 7 heteroatoms. The minimum atomic E-state index is -4.52. The fraction of sp³-hybridized carbons (Fsp3) is 0.167. The summed E-state index contributed by atoms with van der Waals surface area (Å²) in [5, 5.41) is 12.6. The third-order valence-corrected chi connectivity index (χ3v) is 2.46. The molecule has 0 atom stereocenters. The Morgan fingerprint density at radius 2 is 1.89 bits per heavy atom. The summed E-state index contributed by atoms with van der Waals surface area (Å²) in [6.45, 7) is -1.43. The van der Waals surface area contributed by atoms with Crippen LogP contribution in [0.15, 0.2) is 36.5 Å². The van der Waals surface area contributed by atoms with Crippen LogP contribution in [0.4, 0.5) is 13.2 Å². The Kier molecular flexibility index (Phi) is 3.28. The van der Waals surface area contributed by atoms with Gasteiger partial charge < -0.3 is 5.11 Å². The average Bonchev–Trinajstić information content (AvgIpc) is 2.71. The number of benzene rings is 1. The van der Waals surface area contributed by atoms with Crippen molar-refractivity contribution in [1.82, 2.24) is 9.78 Å². The molecule has 0 aliphatic carbocycles. The maximum absolute atomic E-state index is 12.3. The molecule has 0 amide bonds. The van der Waals surface area contributed by atoms with Crippen molar-refractivity contribution >= 4 is 5.97 Å². The number of hydrogen-bond donors (Lipinski definition) is 1. The minimum absolute atomic E-state index is 0.164. The molecule has 2 rings (SSSR count). The number of halogens is 3. The maximum Gasteiger partial charge on any atom is 0.408 e. The van der Waals surface area contributed by atoms with Crippen molar-refractivity contribution in [2.24, 2.45) is 0 Å². The van der Waals surface area contributed by atoms with Gasteiger partial charge in [-0.25, -0.2) is 9.48 Å². The van der Waals surface area contributed by atoms with Gasteiger partial charge in [0.05, 0.1) is 6.20 Å². The number of carboxylic acids is 1. The lowest BCUT2D eigenvalue weighted by Gasteiger charge is -2.09. The maximum atomic E-state index is 12.3. The van der Waals surface area contributed by atoms with E-state index in [0.717, 1.165) is 6.20 Å². The molecule has 0 saturated heterocycles. The first-order chi connectivity index (χ1) is 8.88. The third kappa shape index (κ3) is 2.93. The zero-order valence-electron chi connectivity index (χ0n) is 9.55. The summed E-state index contributed by atoms with van der Waals surface area (Å²) < 4.78 is 37.5. The summed E-state index contributed by atoms with van der Waals surface area (Å²) in [7, 11) is 0. The molecule has 0 unspecified atom stereocenters. The van der Waals surface area contributed by atoms with Crippen LogP contribution in [0.2, 0.25) is 0 Å². The highest BCUT2D eigenvalue weighted by Crippen LogP contribution is 2.26. The Labute approximate surface area is 106 Å². The number of carbonyl (C=O) groups is 1. The number of rotatable bonds is 3. The SMILES string of the molecule is O=C(O)c1c(-c2ccccc2)cnn1CC(F)(F)F. The quantitative estimate of drug-likeness (QED) is 0.933. The fourth-order valence-electron chi connectivity index (χ4n) is 1.73. The molecule has 0 aliphatic rings. The summed E-state index contributed by atoms with van der Waals surface area (Å²) in [5.41, 5.74) is 0.203. The summed E-state index contributed by atoms with van der Waals surface area (Å²) in [6.07, 6.45) is -3.39. The van der Waals surface area contributed by atoms with Crippen molar-refractivity contribution in [3.05, 3.63) is 42.2 Å². The second kappa shape index (κ2) is 4.75. The van der Waals surface area contributed by atoms with Gasteiger partial charge in [-0.1, -0.05) is 30.3 Å². The van der Waals surface area contributed by atoms with Gasteiger partial charge in [0.1, 0.15) is 6.54 Å². The zero-order valence-corrected chi connectivity index (χ0v) is 9.55. The van der Waals surface area contributed by atoms with Crippen molar-refractivity contribution in [2.45, 2.75) is 12.7 Å². The van der Waals surface area contributed by atoms with E-state index in [1.54, 1.807) is 30.3 Å². The number of alkyl halides is 3. The summed E-state index contributed by atoms with van der Waals surface area (Å²) >= 11 is 0. The van der Waals surface area contributed by atoms with Gasteiger partial charge in [-0.2, -0.15) is 18.3 Å². The van der Waals surface area contributed by atoms with E-state index in [9.17, 15) is 18.0 Å². The van der Waals surface area contributed by atoms with Crippen molar-refractivity contribution in [3.63, 3.8) is 0 Å². The number of hydrogen-bond acceptors (Lipinski definition) is 2. The molecule has 0 saturated carbocycles. The first-order valence-electron chi connectivity index (χ1n) is 5.30. The molecule has 2 aromatic rings. The van der Waals surface area contributed by atoms with Crippen LogP contribution in [0, 0.1) is 0 Å². The van der Waals surface area contributed by atoms with E-state index < -0.39 is 24.4 Å². The van der Waals surface area contributed by atoms with Crippen LogP contribution in [-0.4, -0.2) is 27.0 Å². The number of aromatic nitrogens is 2. The highest BCUT2D eigenvalue weighted by atomic mass is 19.4. The first-order valence-corrected chi connectivity index (χ1v) is 5.30. The molecule has 19 heavy (non-hydrogen) atoms. The normalized spacial score (nSPS) is 11.5. The Morgan fingerprint density at radius 3 is 2.42 bits per heavy atom. The van der Waals surface area contributed by atoms with Crippen LogP contribution in [0.25, 0.3) is 11.1 Å². The van der Waals surface area contributed by atoms with E-state index in [1.165, 1.54) is 0 Å². The minimum Gasteiger partial charge on any atom is -0.477 e. The zero-order chi connectivity index (χ0) is 14.0. The van der Waals surface area contributed by atoms with E-state index in [-0.39, 0.29) is 5.56 Å². The van der Waals surface area contributed by atoms with Gasteiger partial charge in [0, 0.05) is 5.56 Å².